The number of hydrogen-bond acceptors (Lipinski definition) is 8. The van der Waals surface area contributed by atoms with Crippen LogP contribution < -0.4 is 0 Å². The maximum absolute atomic E-state index is 10.8. The van der Waals surface area contributed by atoms with Crippen molar-refractivity contribution in [3.8, 4) is 0 Å². The van der Waals surface area contributed by atoms with Gasteiger partial charge in [-0.3, -0.25) is 0 Å². The van der Waals surface area contributed by atoms with E-state index in [9.17, 15) is 20.4 Å². The highest BCUT2D eigenvalue weighted by atomic mass is 35.5. The van der Waals surface area contributed by atoms with Crippen LogP contribution in [0, 0.1) is 0 Å². The van der Waals surface area contributed by atoms with Gasteiger partial charge in [0, 0.05) is 10.6 Å². The van der Waals surface area contributed by atoms with E-state index in [4.69, 9.17) is 25.9 Å². The Kier molecular flexibility index (Phi) is 7.30. The molecule has 2 aliphatic heterocycles. The predicted molar refractivity (Wildman–Crippen MR) is 126 cm³/mol. The number of fused-ring (bicyclic) bond motifs is 2. The molecule has 5 atom stereocenters. The molecule has 0 amide bonds. The van der Waals surface area contributed by atoms with E-state index < -0.39 is 36.3 Å². The molecule has 2 aromatic carbocycles. The Morgan fingerprint density at radius 2 is 1.85 bits per heavy atom. The molecule has 2 saturated heterocycles. The number of nitrogens with zero attached hydrogens (tertiary/aromatic N) is 1. The van der Waals surface area contributed by atoms with Crippen molar-refractivity contribution >= 4 is 17.3 Å². The van der Waals surface area contributed by atoms with Crippen molar-refractivity contribution in [3.63, 3.8) is 0 Å². The van der Waals surface area contributed by atoms with Crippen LogP contribution in [0.4, 0.5) is 0 Å². The van der Waals surface area contributed by atoms with Gasteiger partial charge in [0.05, 0.1) is 18.9 Å². The van der Waals surface area contributed by atoms with E-state index in [0.29, 0.717) is 23.6 Å². The fraction of sp³-hybridized carbons (Fsp3) is 0.480. The van der Waals surface area contributed by atoms with Crippen LogP contribution in [0.5, 0.6) is 0 Å². The molecule has 4 rings (SSSR count). The van der Waals surface area contributed by atoms with Gasteiger partial charge < -0.3 is 34.7 Å². The molecule has 4 N–H and O–H groups in total. The fourth-order valence-corrected chi connectivity index (χ4v) is 4.68. The summed E-state index contributed by atoms with van der Waals surface area (Å²) >= 11 is 6.48. The number of benzene rings is 2. The second-order valence-electron chi connectivity index (χ2n) is 8.65. The lowest BCUT2D eigenvalue weighted by atomic mass is 9.83. The Hall–Kier alpha value is -2.04. The van der Waals surface area contributed by atoms with Crippen molar-refractivity contribution in [2.75, 3.05) is 19.8 Å². The average Bonchev–Trinajstić information content (AvgIpc) is 3.24. The number of aliphatic hydroxyl groups is 4. The molecule has 2 bridgehead atoms. The zero-order valence-corrected chi connectivity index (χ0v) is 19.9. The zero-order chi connectivity index (χ0) is 24.5. The van der Waals surface area contributed by atoms with Crippen LogP contribution in [0.2, 0.25) is 5.02 Å². The highest BCUT2D eigenvalue weighted by molar-refractivity contribution is 6.31. The van der Waals surface area contributed by atoms with Gasteiger partial charge in [-0.05, 0) is 48.6 Å². The summed E-state index contributed by atoms with van der Waals surface area (Å²) in [4.78, 5) is 5.19. The lowest BCUT2D eigenvalue weighted by molar-refractivity contribution is -0.329. The Morgan fingerprint density at radius 3 is 2.50 bits per heavy atom. The molecule has 9 heteroatoms. The first-order valence-electron chi connectivity index (χ1n) is 11.4. The molecule has 0 aliphatic carbocycles. The molecule has 184 valence electrons. The van der Waals surface area contributed by atoms with E-state index in [1.54, 1.807) is 18.2 Å². The quantitative estimate of drug-likeness (QED) is 0.329. The van der Waals surface area contributed by atoms with Crippen molar-refractivity contribution in [1.82, 2.24) is 0 Å². The van der Waals surface area contributed by atoms with Gasteiger partial charge in [-0.25, -0.2) is 0 Å². The highest BCUT2D eigenvalue weighted by Crippen LogP contribution is 2.49. The van der Waals surface area contributed by atoms with Crippen LogP contribution >= 0.6 is 11.6 Å². The van der Waals surface area contributed by atoms with E-state index >= 15 is 0 Å². The Balaban J connectivity index is 1.61. The van der Waals surface area contributed by atoms with Crippen LogP contribution in [0.3, 0.4) is 0 Å². The largest absolute Gasteiger partial charge is 0.396 e. The average molecular weight is 492 g/mol. The Bertz CT molecular complexity index is 1050. The number of oxime groups is 1. The molecule has 2 aliphatic rings. The van der Waals surface area contributed by atoms with Gasteiger partial charge in [0.25, 0.3) is 0 Å². The summed E-state index contributed by atoms with van der Waals surface area (Å²) in [6, 6.07) is 13.0. The first-order chi connectivity index (χ1) is 16.3. The topological polar surface area (TPSA) is 121 Å². The fourth-order valence-electron chi connectivity index (χ4n) is 4.50. The summed E-state index contributed by atoms with van der Waals surface area (Å²) in [6.07, 6.45) is -3.36. The van der Waals surface area contributed by atoms with E-state index in [0.717, 1.165) is 28.8 Å². The maximum Gasteiger partial charge on any atom is 0.225 e. The number of hydrogen-bond donors (Lipinski definition) is 4. The summed E-state index contributed by atoms with van der Waals surface area (Å²) in [5.41, 5.74) is 2.53. The maximum atomic E-state index is 10.8. The second-order valence-corrected chi connectivity index (χ2v) is 9.06. The van der Waals surface area contributed by atoms with Gasteiger partial charge in [0.1, 0.15) is 30.5 Å². The smallest absolute Gasteiger partial charge is 0.225 e. The van der Waals surface area contributed by atoms with Gasteiger partial charge in [-0.1, -0.05) is 54.0 Å². The minimum Gasteiger partial charge on any atom is -0.396 e. The number of aliphatic hydroxyl groups excluding tert-OH is 4. The van der Waals surface area contributed by atoms with Crippen molar-refractivity contribution in [2.45, 2.75) is 56.4 Å². The summed E-state index contributed by atoms with van der Waals surface area (Å²) in [6.45, 7) is 3.66. The lowest BCUT2D eigenvalue weighted by Crippen LogP contribution is -2.65. The van der Waals surface area contributed by atoms with Crippen LogP contribution in [-0.4, -0.2) is 69.9 Å². The molecule has 0 aromatic heterocycles. The summed E-state index contributed by atoms with van der Waals surface area (Å²) in [5.74, 6) is -1.73. The molecule has 2 aromatic rings. The molecule has 2 fully saturated rings. The van der Waals surface area contributed by atoms with E-state index in [-0.39, 0.29) is 6.61 Å². The lowest BCUT2D eigenvalue weighted by Gasteiger charge is -2.46. The minimum absolute atomic E-state index is 0.179. The van der Waals surface area contributed by atoms with Gasteiger partial charge in [-0.2, -0.15) is 0 Å². The van der Waals surface area contributed by atoms with Crippen molar-refractivity contribution < 1.29 is 34.7 Å². The van der Waals surface area contributed by atoms with E-state index in [2.05, 4.69) is 5.16 Å². The van der Waals surface area contributed by atoms with Crippen LogP contribution in [0.25, 0.3) is 0 Å². The molecule has 0 spiro atoms. The molecule has 0 saturated carbocycles. The standard InChI is InChI=1S/C25H30ClNO7/c1-3-20(27-33-4-2)16-7-5-15(6-8-16)11-17-12-18(9-10-19(17)26)25-23(31)21(29)22(30)24(13-28,34-25)14-32-25/h5-10,12,21-23,28-31H,3-4,11,13-14H2,1-2H3. The number of halogens is 1. The SMILES string of the molecule is CCON=C(CC)c1ccc(Cc2cc(C34OCC(CO)(O3)C(O)C(O)C4O)ccc2Cl)cc1. The summed E-state index contributed by atoms with van der Waals surface area (Å²) in [5, 5.41) is 46.1. The Morgan fingerprint density at radius 1 is 1.12 bits per heavy atom. The van der Waals surface area contributed by atoms with Crippen LogP contribution in [0.1, 0.15) is 42.5 Å². The number of rotatable bonds is 8. The van der Waals surface area contributed by atoms with Crippen molar-refractivity contribution in [1.29, 1.82) is 0 Å². The first-order valence-corrected chi connectivity index (χ1v) is 11.7. The van der Waals surface area contributed by atoms with Crippen molar-refractivity contribution in [3.05, 3.63) is 69.7 Å². The molecular weight excluding hydrogens is 462 g/mol. The monoisotopic (exact) mass is 491 g/mol. The van der Waals surface area contributed by atoms with Gasteiger partial charge >= 0.3 is 0 Å². The minimum atomic E-state index is -1.73. The van der Waals surface area contributed by atoms with Gasteiger partial charge in [-0.15, -0.1) is 0 Å². The second kappa shape index (κ2) is 9.91. The molecule has 0 radical (unpaired) electrons. The molecule has 8 nitrogen and oxygen atoms in total. The first kappa shape index (κ1) is 25.1. The zero-order valence-electron chi connectivity index (χ0n) is 19.1. The third-order valence-corrected chi connectivity index (χ3v) is 6.87. The Labute approximate surface area is 203 Å². The molecule has 5 unspecified atom stereocenters. The third kappa shape index (κ3) is 4.24. The summed E-state index contributed by atoms with van der Waals surface area (Å²) in [7, 11) is 0. The molecular formula is C25H30ClNO7. The van der Waals surface area contributed by atoms with Gasteiger partial charge in [0.2, 0.25) is 5.79 Å². The normalized spacial score (nSPS) is 31.0. The molecule has 2 heterocycles. The molecule has 34 heavy (non-hydrogen) atoms. The third-order valence-electron chi connectivity index (χ3n) is 6.50. The van der Waals surface area contributed by atoms with E-state index in [1.807, 2.05) is 38.1 Å². The predicted octanol–water partition coefficient (Wildman–Crippen LogP) is 2.11. The summed E-state index contributed by atoms with van der Waals surface area (Å²) < 4.78 is 11.7. The van der Waals surface area contributed by atoms with E-state index in [1.165, 1.54) is 0 Å². The van der Waals surface area contributed by atoms with Crippen LogP contribution in [0.15, 0.2) is 47.6 Å². The van der Waals surface area contributed by atoms with Crippen LogP contribution in [-0.2, 0) is 26.5 Å². The van der Waals surface area contributed by atoms with Gasteiger partial charge in [0.15, 0.2) is 0 Å². The highest BCUT2D eigenvalue weighted by Gasteiger charge is 2.67. The number of ether oxygens (including phenoxy) is 2. The van der Waals surface area contributed by atoms with Crippen molar-refractivity contribution in [2.24, 2.45) is 5.16 Å².